The van der Waals surface area contributed by atoms with Gasteiger partial charge in [0.1, 0.15) is 0 Å². The minimum Gasteiger partial charge on any atom is -0.396 e. The molecular formula is C13H18N2O3. The van der Waals surface area contributed by atoms with E-state index in [1.54, 1.807) is 4.90 Å². The first-order chi connectivity index (χ1) is 8.81. The standard InChI is InChI=1S/C13H18N2O3/c16-8-6-12-10-18-9-7-15(12)13(17)14-11-4-2-1-3-5-11/h1-5,12,16H,6-10H2,(H,14,17)/t12-/m0/s1. The topological polar surface area (TPSA) is 61.8 Å². The van der Waals surface area contributed by atoms with Gasteiger partial charge in [0.2, 0.25) is 0 Å². The zero-order valence-corrected chi connectivity index (χ0v) is 10.2. The molecule has 0 spiro atoms. The molecule has 1 aliphatic heterocycles. The Hall–Kier alpha value is -1.59. The molecule has 0 aromatic heterocycles. The lowest BCUT2D eigenvalue weighted by Gasteiger charge is -2.35. The van der Waals surface area contributed by atoms with E-state index in [0.717, 1.165) is 5.69 Å². The van der Waals surface area contributed by atoms with Crippen LogP contribution in [0.1, 0.15) is 6.42 Å². The second-order valence-corrected chi connectivity index (χ2v) is 4.23. The summed E-state index contributed by atoms with van der Waals surface area (Å²) in [5.74, 6) is 0. The number of morpholine rings is 1. The lowest BCUT2D eigenvalue weighted by Crippen LogP contribution is -2.50. The number of aliphatic hydroxyl groups is 1. The third-order valence-corrected chi connectivity index (χ3v) is 2.98. The maximum Gasteiger partial charge on any atom is 0.322 e. The molecule has 1 aromatic rings. The Morgan fingerprint density at radius 3 is 2.94 bits per heavy atom. The van der Waals surface area contributed by atoms with Gasteiger partial charge in [0, 0.05) is 18.8 Å². The first-order valence-electron chi connectivity index (χ1n) is 6.12. The van der Waals surface area contributed by atoms with Gasteiger partial charge in [-0.05, 0) is 18.6 Å². The number of nitrogens with one attached hydrogen (secondary N) is 1. The van der Waals surface area contributed by atoms with Gasteiger partial charge in [-0.15, -0.1) is 0 Å². The van der Waals surface area contributed by atoms with Crippen molar-refractivity contribution < 1.29 is 14.6 Å². The van der Waals surface area contributed by atoms with Crippen molar-refractivity contribution in [2.75, 3.05) is 31.7 Å². The van der Waals surface area contributed by atoms with Crippen molar-refractivity contribution >= 4 is 11.7 Å². The summed E-state index contributed by atoms with van der Waals surface area (Å²) in [6.07, 6.45) is 0.544. The van der Waals surface area contributed by atoms with E-state index < -0.39 is 0 Å². The fourth-order valence-corrected chi connectivity index (χ4v) is 2.03. The van der Waals surface area contributed by atoms with E-state index in [-0.39, 0.29) is 18.7 Å². The van der Waals surface area contributed by atoms with Gasteiger partial charge in [-0.3, -0.25) is 0 Å². The molecule has 1 aromatic carbocycles. The molecule has 0 bridgehead atoms. The summed E-state index contributed by atoms with van der Waals surface area (Å²) in [5, 5.41) is 11.8. The molecule has 0 saturated carbocycles. The van der Waals surface area contributed by atoms with Gasteiger partial charge in [0.15, 0.2) is 0 Å². The average molecular weight is 250 g/mol. The van der Waals surface area contributed by atoms with Crippen molar-refractivity contribution in [1.82, 2.24) is 4.90 Å². The minimum absolute atomic E-state index is 0.0486. The molecular weight excluding hydrogens is 232 g/mol. The van der Waals surface area contributed by atoms with Crippen molar-refractivity contribution in [2.24, 2.45) is 0 Å². The van der Waals surface area contributed by atoms with E-state index in [9.17, 15) is 4.79 Å². The number of carbonyl (C=O) groups is 1. The van der Waals surface area contributed by atoms with Crippen LogP contribution in [0.25, 0.3) is 0 Å². The number of aliphatic hydroxyl groups excluding tert-OH is 1. The smallest absolute Gasteiger partial charge is 0.322 e. The number of hydrogen-bond acceptors (Lipinski definition) is 3. The van der Waals surface area contributed by atoms with Crippen LogP contribution in [0.5, 0.6) is 0 Å². The molecule has 18 heavy (non-hydrogen) atoms. The average Bonchev–Trinajstić information content (AvgIpc) is 2.41. The van der Waals surface area contributed by atoms with Crippen molar-refractivity contribution in [1.29, 1.82) is 0 Å². The number of amides is 2. The molecule has 1 aliphatic rings. The number of carbonyl (C=O) groups excluding carboxylic acids is 1. The predicted molar refractivity (Wildman–Crippen MR) is 68.5 cm³/mol. The third-order valence-electron chi connectivity index (χ3n) is 2.98. The third kappa shape index (κ3) is 3.21. The van der Waals surface area contributed by atoms with Crippen LogP contribution in [0.2, 0.25) is 0 Å². The van der Waals surface area contributed by atoms with E-state index >= 15 is 0 Å². The molecule has 0 unspecified atom stereocenters. The Morgan fingerprint density at radius 1 is 1.44 bits per heavy atom. The molecule has 2 amide bonds. The first kappa shape index (κ1) is 12.9. The predicted octanol–water partition coefficient (Wildman–Crippen LogP) is 1.30. The summed E-state index contributed by atoms with van der Waals surface area (Å²) < 4.78 is 5.33. The fourth-order valence-electron chi connectivity index (χ4n) is 2.03. The molecule has 0 radical (unpaired) electrons. The van der Waals surface area contributed by atoms with Crippen LogP contribution in [-0.4, -0.2) is 48.4 Å². The monoisotopic (exact) mass is 250 g/mol. The van der Waals surface area contributed by atoms with Crippen molar-refractivity contribution in [3.63, 3.8) is 0 Å². The SMILES string of the molecule is O=C(Nc1ccccc1)N1CCOC[C@@H]1CCO. The van der Waals surface area contributed by atoms with Crippen LogP contribution in [-0.2, 0) is 4.74 Å². The van der Waals surface area contributed by atoms with E-state index in [4.69, 9.17) is 9.84 Å². The molecule has 1 heterocycles. The second kappa shape index (κ2) is 6.37. The molecule has 1 atom stereocenters. The Balaban J connectivity index is 1.98. The van der Waals surface area contributed by atoms with E-state index in [2.05, 4.69) is 5.32 Å². The van der Waals surface area contributed by atoms with Crippen molar-refractivity contribution in [3.8, 4) is 0 Å². The Morgan fingerprint density at radius 2 is 2.22 bits per heavy atom. The molecule has 0 aliphatic carbocycles. The van der Waals surface area contributed by atoms with E-state index in [1.165, 1.54) is 0 Å². The number of urea groups is 1. The Labute approximate surface area is 106 Å². The normalized spacial score (nSPS) is 19.6. The Kier molecular flexibility index (Phi) is 4.55. The van der Waals surface area contributed by atoms with E-state index in [1.807, 2.05) is 30.3 Å². The van der Waals surface area contributed by atoms with Gasteiger partial charge in [0.05, 0.1) is 19.3 Å². The van der Waals surface area contributed by atoms with Gasteiger partial charge < -0.3 is 20.1 Å². The van der Waals surface area contributed by atoms with Crippen LogP contribution in [0, 0.1) is 0 Å². The molecule has 5 heteroatoms. The molecule has 98 valence electrons. The minimum atomic E-state index is -0.136. The van der Waals surface area contributed by atoms with Crippen LogP contribution >= 0.6 is 0 Å². The number of rotatable bonds is 3. The summed E-state index contributed by atoms with van der Waals surface area (Å²) in [7, 11) is 0. The van der Waals surface area contributed by atoms with Crippen molar-refractivity contribution in [2.45, 2.75) is 12.5 Å². The summed E-state index contributed by atoms with van der Waals surface area (Å²) in [6.45, 7) is 1.65. The summed E-state index contributed by atoms with van der Waals surface area (Å²) in [4.78, 5) is 13.9. The number of nitrogens with zero attached hydrogens (tertiary/aromatic N) is 1. The van der Waals surface area contributed by atoms with Crippen LogP contribution in [0.4, 0.5) is 10.5 Å². The number of para-hydroxylation sites is 1. The summed E-state index contributed by atoms with van der Waals surface area (Å²) >= 11 is 0. The summed E-state index contributed by atoms with van der Waals surface area (Å²) in [6, 6.07) is 9.16. The van der Waals surface area contributed by atoms with Gasteiger partial charge in [0.25, 0.3) is 0 Å². The van der Waals surface area contributed by atoms with Gasteiger partial charge in [-0.2, -0.15) is 0 Å². The van der Waals surface area contributed by atoms with E-state index in [0.29, 0.717) is 26.2 Å². The largest absolute Gasteiger partial charge is 0.396 e. The number of hydrogen-bond donors (Lipinski definition) is 2. The van der Waals surface area contributed by atoms with Gasteiger partial charge >= 0.3 is 6.03 Å². The Bertz CT molecular complexity index is 381. The maximum atomic E-state index is 12.1. The maximum absolute atomic E-state index is 12.1. The molecule has 1 fully saturated rings. The first-order valence-corrected chi connectivity index (χ1v) is 6.12. The molecule has 2 N–H and O–H groups in total. The quantitative estimate of drug-likeness (QED) is 0.850. The van der Waals surface area contributed by atoms with Crippen molar-refractivity contribution in [3.05, 3.63) is 30.3 Å². The number of anilines is 1. The lowest BCUT2D eigenvalue weighted by molar-refractivity contribution is 0.00728. The van der Waals surface area contributed by atoms with Crippen LogP contribution in [0.3, 0.4) is 0 Å². The lowest BCUT2D eigenvalue weighted by atomic mass is 10.2. The van der Waals surface area contributed by atoms with Gasteiger partial charge in [-0.1, -0.05) is 18.2 Å². The number of benzene rings is 1. The summed E-state index contributed by atoms with van der Waals surface area (Å²) in [5.41, 5.74) is 0.775. The zero-order valence-electron chi connectivity index (χ0n) is 10.2. The number of ether oxygens (including phenoxy) is 1. The fraction of sp³-hybridized carbons (Fsp3) is 0.462. The molecule has 2 rings (SSSR count). The van der Waals surface area contributed by atoms with Crippen LogP contribution in [0.15, 0.2) is 30.3 Å². The zero-order chi connectivity index (χ0) is 12.8. The van der Waals surface area contributed by atoms with Gasteiger partial charge in [-0.25, -0.2) is 4.79 Å². The highest BCUT2D eigenvalue weighted by molar-refractivity contribution is 5.89. The van der Waals surface area contributed by atoms with Crippen LogP contribution < -0.4 is 5.32 Å². The highest BCUT2D eigenvalue weighted by Crippen LogP contribution is 2.13. The highest BCUT2D eigenvalue weighted by Gasteiger charge is 2.26. The molecule has 5 nitrogen and oxygen atoms in total. The molecule has 1 saturated heterocycles. The highest BCUT2D eigenvalue weighted by atomic mass is 16.5. The second-order valence-electron chi connectivity index (χ2n) is 4.23.